The van der Waals surface area contributed by atoms with Crippen LogP contribution >= 0.6 is 0 Å². The van der Waals surface area contributed by atoms with Gasteiger partial charge in [0.1, 0.15) is 6.20 Å². The first kappa shape index (κ1) is 17.0. The Bertz CT molecular complexity index is 1120. The summed E-state index contributed by atoms with van der Waals surface area (Å²) in [6.45, 7) is 4.07. The van der Waals surface area contributed by atoms with Crippen LogP contribution in [-0.2, 0) is 10.3 Å². The lowest BCUT2D eigenvalue weighted by atomic mass is 9.98. The van der Waals surface area contributed by atoms with E-state index >= 15 is 0 Å². The molecule has 136 valence electrons. The van der Waals surface area contributed by atoms with Gasteiger partial charge in [0, 0.05) is 29.9 Å². The van der Waals surface area contributed by atoms with E-state index in [2.05, 4.69) is 32.1 Å². The Morgan fingerprint density at radius 1 is 1.22 bits per heavy atom. The van der Waals surface area contributed by atoms with Crippen molar-refractivity contribution in [3.05, 3.63) is 66.3 Å². The fraction of sp³-hybridized carbons (Fsp3) is 0.190. The second-order valence-electron chi connectivity index (χ2n) is 7.16. The second kappa shape index (κ2) is 6.39. The molecule has 27 heavy (non-hydrogen) atoms. The third-order valence-corrected chi connectivity index (χ3v) is 5.12. The number of amides is 1. The number of aromatic amines is 3. The van der Waals surface area contributed by atoms with Crippen LogP contribution in [0.1, 0.15) is 25.1 Å². The van der Waals surface area contributed by atoms with Crippen LogP contribution < -0.4 is 4.98 Å². The molecule has 0 aliphatic rings. The number of imidazole rings is 1. The van der Waals surface area contributed by atoms with E-state index < -0.39 is 5.54 Å². The molecule has 1 amide bonds. The molecule has 0 radical (unpaired) electrons. The fourth-order valence-corrected chi connectivity index (χ4v) is 3.12. The van der Waals surface area contributed by atoms with Crippen LogP contribution in [0.25, 0.3) is 28.1 Å². The second-order valence-corrected chi connectivity index (χ2v) is 7.16. The highest BCUT2D eigenvalue weighted by molar-refractivity contribution is 5.92. The Labute approximate surface area is 156 Å². The average Bonchev–Trinajstić information content (AvgIpc) is 3.31. The summed E-state index contributed by atoms with van der Waals surface area (Å²) in [5.74, 6) is -0.0724. The molecular formula is C21H22N5O+. The van der Waals surface area contributed by atoms with Crippen molar-refractivity contribution in [2.75, 3.05) is 7.05 Å². The predicted molar refractivity (Wildman–Crippen MR) is 106 cm³/mol. The van der Waals surface area contributed by atoms with Gasteiger partial charge in [0.25, 0.3) is 5.65 Å². The Balaban J connectivity index is 1.56. The summed E-state index contributed by atoms with van der Waals surface area (Å²) in [5.41, 5.74) is 4.14. The smallest absolute Gasteiger partial charge is 0.299 e. The van der Waals surface area contributed by atoms with Crippen LogP contribution in [0.15, 0.2) is 55.0 Å². The number of rotatable bonds is 4. The highest BCUT2D eigenvalue weighted by atomic mass is 16.2. The van der Waals surface area contributed by atoms with Crippen molar-refractivity contribution in [2.45, 2.75) is 19.4 Å². The van der Waals surface area contributed by atoms with E-state index in [0.717, 1.165) is 33.3 Å². The maximum Gasteiger partial charge on any atom is 0.299 e. The molecule has 3 heterocycles. The molecule has 0 aliphatic carbocycles. The van der Waals surface area contributed by atoms with Gasteiger partial charge in [-0.3, -0.25) is 9.78 Å². The van der Waals surface area contributed by atoms with Gasteiger partial charge in [-0.1, -0.05) is 18.2 Å². The van der Waals surface area contributed by atoms with Crippen molar-refractivity contribution in [1.82, 2.24) is 19.9 Å². The number of carbonyl (C=O) groups excluding carboxylic acids is 1. The quantitative estimate of drug-likeness (QED) is 0.548. The summed E-state index contributed by atoms with van der Waals surface area (Å²) in [6.07, 6.45) is 6.83. The van der Waals surface area contributed by atoms with Gasteiger partial charge in [0.2, 0.25) is 5.91 Å². The fourth-order valence-electron chi connectivity index (χ4n) is 3.12. The molecule has 0 aliphatic heterocycles. The normalized spacial score (nSPS) is 12.3. The van der Waals surface area contributed by atoms with E-state index in [1.807, 2.05) is 45.2 Å². The number of hydrogen-bond donors (Lipinski definition) is 2. The van der Waals surface area contributed by atoms with Crippen LogP contribution in [0.2, 0.25) is 0 Å². The Morgan fingerprint density at radius 2 is 2.04 bits per heavy atom. The number of fused-ring (bicyclic) bond motifs is 2. The number of benzene rings is 1. The Hall–Kier alpha value is -3.41. The molecule has 0 unspecified atom stereocenters. The minimum absolute atomic E-state index is 0.0724. The molecule has 6 heteroatoms. The van der Waals surface area contributed by atoms with Crippen molar-refractivity contribution in [3.8, 4) is 0 Å². The summed E-state index contributed by atoms with van der Waals surface area (Å²) >= 11 is 0. The lowest BCUT2D eigenvalue weighted by molar-refractivity contribution is -0.347. The van der Waals surface area contributed by atoms with Crippen molar-refractivity contribution < 1.29 is 9.78 Å². The molecule has 0 saturated heterocycles. The molecule has 4 aromatic rings. The standard InChI is InChI=1S/C21H21N5O/c1-21(2,18-11-15-6-4-5-7-16(15)25-18)26(3)19(27)9-8-14-10-17-20(22-12-14)24-13-23-17/h4-13,25H,1-3H3,(H,22,23,24)/p+1. The SMILES string of the molecule is CN(C(=O)C=Cc1cnc2[nH+]c[nH]c2c1)C(C)(C)c1cc2ccccc2[nH]1. The molecule has 0 atom stereocenters. The number of aromatic nitrogens is 4. The highest BCUT2D eigenvalue weighted by Crippen LogP contribution is 2.29. The van der Waals surface area contributed by atoms with Crippen LogP contribution in [0.5, 0.6) is 0 Å². The highest BCUT2D eigenvalue weighted by Gasteiger charge is 2.30. The van der Waals surface area contributed by atoms with Crippen molar-refractivity contribution >= 4 is 34.1 Å². The van der Waals surface area contributed by atoms with E-state index in [9.17, 15) is 4.79 Å². The van der Waals surface area contributed by atoms with Crippen molar-refractivity contribution in [2.24, 2.45) is 0 Å². The van der Waals surface area contributed by atoms with E-state index in [-0.39, 0.29) is 5.91 Å². The molecule has 4 rings (SSSR count). The molecule has 6 nitrogen and oxygen atoms in total. The largest absolute Gasteiger partial charge is 0.356 e. The van der Waals surface area contributed by atoms with Gasteiger partial charge >= 0.3 is 0 Å². The average molecular weight is 360 g/mol. The van der Waals surface area contributed by atoms with Crippen LogP contribution in [0, 0.1) is 0 Å². The topological polar surface area (TPSA) is 78.9 Å². The molecule has 0 saturated carbocycles. The first-order valence-corrected chi connectivity index (χ1v) is 8.84. The van der Waals surface area contributed by atoms with E-state index in [1.54, 1.807) is 29.6 Å². The van der Waals surface area contributed by atoms with Gasteiger partial charge in [-0.15, -0.1) is 4.98 Å². The van der Waals surface area contributed by atoms with Gasteiger partial charge in [0.05, 0.1) is 5.54 Å². The van der Waals surface area contributed by atoms with E-state index in [4.69, 9.17) is 0 Å². The zero-order valence-electron chi connectivity index (χ0n) is 15.6. The minimum Gasteiger partial charge on any atom is -0.356 e. The predicted octanol–water partition coefficient (Wildman–Crippen LogP) is 3.27. The summed E-state index contributed by atoms with van der Waals surface area (Å²) in [4.78, 5) is 28.3. The van der Waals surface area contributed by atoms with Gasteiger partial charge in [-0.05, 0) is 43.5 Å². The van der Waals surface area contributed by atoms with Gasteiger partial charge in [0.15, 0.2) is 11.8 Å². The number of pyridine rings is 1. The molecule has 0 spiro atoms. The molecule has 0 fully saturated rings. The number of hydrogen-bond acceptors (Lipinski definition) is 2. The summed E-state index contributed by atoms with van der Waals surface area (Å²) in [6, 6.07) is 12.2. The molecule has 3 aromatic heterocycles. The maximum absolute atomic E-state index is 12.8. The van der Waals surface area contributed by atoms with E-state index in [1.165, 1.54) is 0 Å². The number of carbonyl (C=O) groups is 1. The third-order valence-electron chi connectivity index (χ3n) is 5.12. The first-order valence-electron chi connectivity index (χ1n) is 8.84. The number of para-hydroxylation sites is 1. The lowest BCUT2D eigenvalue weighted by Crippen LogP contribution is -2.42. The van der Waals surface area contributed by atoms with Gasteiger partial charge in [-0.2, -0.15) is 0 Å². The number of likely N-dealkylation sites (N-methyl/N-ethyl adjacent to an activating group) is 1. The van der Waals surface area contributed by atoms with Crippen LogP contribution in [-0.4, -0.2) is 32.8 Å². The maximum atomic E-state index is 12.8. The van der Waals surface area contributed by atoms with Gasteiger partial charge in [-0.25, -0.2) is 4.98 Å². The van der Waals surface area contributed by atoms with E-state index in [0.29, 0.717) is 0 Å². The van der Waals surface area contributed by atoms with Crippen LogP contribution in [0.4, 0.5) is 0 Å². The zero-order valence-corrected chi connectivity index (χ0v) is 15.6. The number of nitrogens with one attached hydrogen (secondary N) is 3. The van der Waals surface area contributed by atoms with Crippen molar-refractivity contribution in [3.63, 3.8) is 0 Å². The van der Waals surface area contributed by atoms with Crippen molar-refractivity contribution in [1.29, 1.82) is 0 Å². The monoisotopic (exact) mass is 360 g/mol. The summed E-state index contributed by atoms with van der Waals surface area (Å²) < 4.78 is 0. The molecule has 1 aromatic carbocycles. The third kappa shape index (κ3) is 3.10. The Morgan fingerprint density at radius 3 is 2.85 bits per heavy atom. The summed E-state index contributed by atoms with van der Waals surface area (Å²) in [5, 5.41) is 1.14. The Kier molecular flexibility index (Phi) is 4.03. The zero-order chi connectivity index (χ0) is 19.0. The van der Waals surface area contributed by atoms with Gasteiger partial charge < -0.3 is 9.88 Å². The minimum atomic E-state index is -0.475. The summed E-state index contributed by atoms with van der Waals surface area (Å²) in [7, 11) is 1.82. The first-order chi connectivity index (χ1) is 12.9. The molecule has 3 N–H and O–H groups in total. The molecule has 0 bridgehead atoms. The number of nitrogens with zero attached hydrogens (tertiary/aromatic N) is 2. The molecular weight excluding hydrogens is 338 g/mol. The van der Waals surface area contributed by atoms with Crippen LogP contribution in [0.3, 0.4) is 0 Å². The lowest BCUT2D eigenvalue weighted by Gasteiger charge is -2.34. The number of H-pyrrole nitrogens is 3.